The molecule has 2 heterocycles. The molecule has 1 aliphatic heterocycles. The summed E-state index contributed by atoms with van der Waals surface area (Å²) in [6.45, 7) is 4.01. The van der Waals surface area contributed by atoms with Gasteiger partial charge in [-0.15, -0.1) is 0 Å². The first kappa shape index (κ1) is 18.2. The average molecular weight is 402 g/mol. The maximum atomic E-state index is 13.6. The molecule has 154 valence electrons. The lowest BCUT2D eigenvalue weighted by Crippen LogP contribution is -2.52. The Labute approximate surface area is 176 Å². The summed E-state index contributed by atoms with van der Waals surface area (Å²) >= 11 is 0. The highest BCUT2D eigenvalue weighted by molar-refractivity contribution is 5.98. The van der Waals surface area contributed by atoms with Crippen molar-refractivity contribution in [3.05, 3.63) is 71.4 Å². The largest absolute Gasteiger partial charge is 0.377 e. The fourth-order valence-electron chi connectivity index (χ4n) is 5.90. The van der Waals surface area contributed by atoms with E-state index in [1.165, 1.54) is 11.1 Å². The van der Waals surface area contributed by atoms with Crippen LogP contribution >= 0.6 is 0 Å². The van der Waals surface area contributed by atoms with Crippen molar-refractivity contribution < 1.29 is 9.53 Å². The summed E-state index contributed by atoms with van der Waals surface area (Å²) in [4.78, 5) is 18.9. The van der Waals surface area contributed by atoms with Gasteiger partial charge in [-0.2, -0.15) is 0 Å². The van der Waals surface area contributed by atoms with Crippen LogP contribution in [0.5, 0.6) is 0 Å². The SMILES string of the molecule is CCN(C(=O)c1cc2ccccc2[nH]1)[C@]12COCC1(N[C@H]1CCc3ccccc31)C2. The summed E-state index contributed by atoms with van der Waals surface area (Å²) < 4.78 is 5.97. The van der Waals surface area contributed by atoms with E-state index in [0.29, 0.717) is 31.5 Å². The Bertz CT molecular complexity index is 1110. The molecule has 1 saturated carbocycles. The molecule has 1 aromatic heterocycles. The van der Waals surface area contributed by atoms with Crippen molar-refractivity contribution in [3.63, 3.8) is 0 Å². The number of aromatic amines is 1. The quantitative estimate of drug-likeness (QED) is 0.683. The van der Waals surface area contributed by atoms with Crippen LogP contribution in [0.2, 0.25) is 0 Å². The number of hydrogen-bond acceptors (Lipinski definition) is 3. The van der Waals surface area contributed by atoms with Crippen molar-refractivity contribution in [1.82, 2.24) is 15.2 Å². The second kappa shape index (κ2) is 6.43. The minimum atomic E-state index is -0.256. The number of nitrogens with zero attached hydrogens (tertiary/aromatic N) is 1. The Morgan fingerprint density at radius 1 is 1.20 bits per heavy atom. The summed E-state index contributed by atoms with van der Waals surface area (Å²) in [5.74, 6) is 0.0645. The molecule has 3 atom stereocenters. The lowest BCUT2D eigenvalue weighted by molar-refractivity contribution is 0.0567. The van der Waals surface area contributed by atoms with Gasteiger partial charge in [0.1, 0.15) is 5.69 Å². The fraction of sp³-hybridized carbons (Fsp3) is 0.400. The van der Waals surface area contributed by atoms with Gasteiger partial charge in [0, 0.05) is 23.5 Å². The van der Waals surface area contributed by atoms with E-state index in [0.717, 1.165) is 30.2 Å². The second-order valence-electron chi connectivity index (χ2n) is 9.04. The summed E-state index contributed by atoms with van der Waals surface area (Å²) in [7, 11) is 0. The zero-order chi connectivity index (χ0) is 20.3. The summed E-state index contributed by atoms with van der Waals surface area (Å²) in [5, 5.41) is 5.01. The molecule has 30 heavy (non-hydrogen) atoms. The Kier molecular flexibility index (Phi) is 3.89. The number of ether oxygens (including phenoxy) is 1. The molecule has 0 spiro atoms. The molecule has 5 heteroatoms. The lowest BCUT2D eigenvalue weighted by atomic mass is 10.0. The predicted octanol–water partition coefficient (Wildman–Crippen LogP) is 3.82. The number of para-hydroxylation sites is 1. The van der Waals surface area contributed by atoms with E-state index in [-0.39, 0.29) is 17.0 Å². The molecule has 0 bridgehead atoms. The molecule has 3 aliphatic rings. The van der Waals surface area contributed by atoms with Gasteiger partial charge in [0.25, 0.3) is 5.91 Å². The molecule has 1 saturated heterocycles. The minimum absolute atomic E-state index is 0.0645. The number of aromatic nitrogens is 1. The van der Waals surface area contributed by atoms with E-state index < -0.39 is 0 Å². The molecule has 2 fully saturated rings. The number of fused-ring (bicyclic) bond motifs is 3. The maximum absolute atomic E-state index is 13.6. The van der Waals surface area contributed by atoms with Crippen LogP contribution in [0.25, 0.3) is 10.9 Å². The van der Waals surface area contributed by atoms with Crippen molar-refractivity contribution in [2.45, 2.75) is 43.3 Å². The Balaban J connectivity index is 1.29. The summed E-state index contributed by atoms with van der Waals surface area (Å²) in [6.07, 6.45) is 3.18. The Morgan fingerprint density at radius 3 is 2.90 bits per heavy atom. The van der Waals surface area contributed by atoms with Gasteiger partial charge in [0.05, 0.1) is 24.3 Å². The first-order valence-electron chi connectivity index (χ1n) is 11.0. The number of carbonyl (C=O) groups is 1. The van der Waals surface area contributed by atoms with Gasteiger partial charge in [-0.1, -0.05) is 42.5 Å². The third-order valence-corrected chi connectivity index (χ3v) is 7.47. The van der Waals surface area contributed by atoms with Crippen molar-refractivity contribution in [1.29, 1.82) is 0 Å². The van der Waals surface area contributed by atoms with Crippen LogP contribution in [0.3, 0.4) is 0 Å². The van der Waals surface area contributed by atoms with Crippen LogP contribution in [0.15, 0.2) is 54.6 Å². The van der Waals surface area contributed by atoms with Crippen LogP contribution in [0.1, 0.15) is 47.4 Å². The average Bonchev–Trinajstić information content (AvgIpc) is 3.16. The van der Waals surface area contributed by atoms with E-state index in [4.69, 9.17) is 4.74 Å². The van der Waals surface area contributed by atoms with Crippen LogP contribution in [-0.4, -0.2) is 46.6 Å². The standard InChI is InChI=1S/C25H27N3O2/c1-2-28(23(29)22-13-18-8-4-6-10-20(18)26-22)25-14-24(25,15-30-16-25)27-21-12-11-17-7-3-5-9-19(17)21/h3-10,13,21,26-27H,2,11-12,14-16H2,1H3/t21-,24?,25+/m0/s1. The van der Waals surface area contributed by atoms with Crippen molar-refractivity contribution in [2.24, 2.45) is 0 Å². The number of aryl methyl sites for hydroxylation is 1. The molecule has 2 aromatic carbocycles. The van der Waals surface area contributed by atoms with Crippen molar-refractivity contribution >= 4 is 16.8 Å². The number of hydrogen-bond donors (Lipinski definition) is 2. The van der Waals surface area contributed by atoms with Crippen LogP contribution in [0.4, 0.5) is 0 Å². The van der Waals surface area contributed by atoms with Gasteiger partial charge in [0.2, 0.25) is 0 Å². The number of rotatable bonds is 5. The Hall–Kier alpha value is -2.63. The fourth-order valence-corrected chi connectivity index (χ4v) is 5.90. The van der Waals surface area contributed by atoms with Gasteiger partial charge in [-0.25, -0.2) is 0 Å². The normalized spacial score (nSPS) is 29.0. The van der Waals surface area contributed by atoms with E-state index in [2.05, 4.69) is 41.5 Å². The highest BCUT2D eigenvalue weighted by atomic mass is 16.5. The van der Waals surface area contributed by atoms with E-state index in [1.54, 1.807) is 0 Å². The minimum Gasteiger partial charge on any atom is -0.377 e. The molecule has 3 aromatic rings. The molecule has 5 nitrogen and oxygen atoms in total. The third-order valence-electron chi connectivity index (χ3n) is 7.47. The third kappa shape index (κ3) is 2.45. The van der Waals surface area contributed by atoms with Gasteiger partial charge in [-0.05, 0) is 49.4 Å². The highest BCUT2D eigenvalue weighted by Crippen LogP contribution is 2.58. The molecule has 2 N–H and O–H groups in total. The molecule has 1 unspecified atom stereocenters. The zero-order valence-electron chi connectivity index (χ0n) is 17.3. The molecular weight excluding hydrogens is 374 g/mol. The molecular formula is C25H27N3O2. The number of nitrogens with one attached hydrogen (secondary N) is 2. The van der Waals surface area contributed by atoms with E-state index >= 15 is 0 Å². The second-order valence-corrected chi connectivity index (χ2v) is 9.04. The number of H-pyrrole nitrogens is 1. The van der Waals surface area contributed by atoms with Crippen LogP contribution in [-0.2, 0) is 11.2 Å². The summed E-state index contributed by atoms with van der Waals surface area (Å²) in [6, 6.07) is 19.1. The van der Waals surface area contributed by atoms with Crippen molar-refractivity contribution in [3.8, 4) is 0 Å². The molecule has 6 rings (SSSR count). The smallest absolute Gasteiger partial charge is 0.270 e. The van der Waals surface area contributed by atoms with E-state index in [9.17, 15) is 4.79 Å². The zero-order valence-corrected chi connectivity index (χ0v) is 17.3. The first-order valence-corrected chi connectivity index (χ1v) is 11.0. The molecule has 1 amide bonds. The maximum Gasteiger partial charge on any atom is 0.270 e. The number of carbonyl (C=O) groups excluding carboxylic acids is 1. The number of benzene rings is 2. The predicted molar refractivity (Wildman–Crippen MR) is 117 cm³/mol. The summed E-state index contributed by atoms with van der Waals surface area (Å²) in [5.41, 5.74) is 4.11. The monoisotopic (exact) mass is 401 g/mol. The van der Waals surface area contributed by atoms with Gasteiger partial charge < -0.3 is 19.9 Å². The van der Waals surface area contributed by atoms with Crippen LogP contribution < -0.4 is 5.32 Å². The topological polar surface area (TPSA) is 57.4 Å². The highest BCUT2D eigenvalue weighted by Gasteiger charge is 2.75. The molecule has 2 aliphatic carbocycles. The van der Waals surface area contributed by atoms with Crippen molar-refractivity contribution in [2.75, 3.05) is 19.8 Å². The molecule has 0 radical (unpaired) electrons. The number of amides is 1. The van der Waals surface area contributed by atoms with Gasteiger partial charge >= 0.3 is 0 Å². The first-order chi connectivity index (χ1) is 14.7. The van der Waals surface area contributed by atoms with Gasteiger partial charge in [0.15, 0.2) is 0 Å². The Morgan fingerprint density at radius 2 is 2.03 bits per heavy atom. The van der Waals surface area contributed by atoms with Gasteiger partial charge in [-0.3, -0.25) is 4.79 Å². The van der Waals surface area contributed by atoms with Crippen LogP contribution in [0, 0.1) is 0 Å². The number of likely N-dealkylation sites (N-methyl/N-ethyl adjacent to an activating group) is 1. The van der Waals surface area contributed by atoms with E-state index in [1.807, 2.05) is 35.2 Å². The lowest BCUT2D eigenvalue weighted by Gasteiger charge is -2.32.